The normalized spacial score (nSPS) is 10.5. The Bertz CT molecular complexity index is 907. The van der Waals surface area contributed by atoms with Crippen molar-refractivity contribution in [2.45, 2.75) is 27.2 Å². The van der Waals surface area contributed by atoms with Gasteiger partial charge in [-0.25, -0.2) is 9.59 Å². The molecule has 1 aromatic carbocycles. The van der Waals surface area contributed by atoms with Crippen LogP contribution in [0.15, 0.2) is 29.6 Å². The summed E-state index contributed by atoms with van der Waals surface area (Å²) in [6.07, 6.45) is 0.676. The second-order valence-corrected chi connectivity index (χ2v) is 7.81. The summed E-state index contributed by atoms with van der Waals surface area (Å²) in [6.45, 7) is 5.14. The molecule has 0 atom stereocenters. The molecule has 9 heteroatoms. The third-order valence-corrected chi connectivity index (χ3v) is 4.95. The Hall–Kier alpha value is -3.07. The topological polar surface area (TPSA) is 100 Å². The van der Waals surface area contributed by atoms with Gasteiger partial charge < -0.3 is 24.3 Å². The van der Waals surface area contributed by atoms with E-state index in [0.29, 0.717) is 34.4 Å². The van der Waals surface area contributed by atoms with E-state index in [-0.39, 0.29) is 13.2 Å². The first kappa shape index (κ1) is 24.2. The first-order valence-electron chi connectivity index (χ1n) is 9.84. The number of carbonyl (C=O) groups is 3. The molecule has 0 radical (unpaired) electrons. The maximum Gasteiger partial charge on any atom is 0.344 e. The minimum atomic E-state index is -0.710. The molecule has 0 bridgehead atoms. The molecule has 0 aliphatic carbocycles. The number of esters is 2. The molecule has 1 heterocycles. The van der Waals surface area contributed by atoms with Crippen LogP contribution >= 0.6 is 11.3 Å². The average molecular weight is 450 g/mol. The van der Waals surface area contributed by atoms with Crippen molar-refractivity contribution in [2.75, 3.05) is 32.2 Å². The molecule has 2 aromatic rings. The van der Waals surface area contributed by atoms with E-state index < -0.39 is 24.5 Å². The Morgan fingerprint density at radius 1 is 1.06 bits per heavy atom. The van der Waals surface area contributed by atoms with E-state index in [1.165, 1.54) is 18.4 Å². The molecule has 0 unspecified atom stereocenters. The Morgan fingerprint density at radius 2 is 1.77 bits per heavy atom. The molecular weight excluding hydrogens is 422 g/mol. The number of methoxy groups -OCH3 is 1. The van der Waals surface area contributed by atoms with E-state index in [1.54, 1.807) is 31.2 Å². The minimum absolute atomic E-state index is 0.229. The minimum Gasteiger partial charge on any atom is -0.493 e. The number of para-hydroxylation sites is 2. The van der Waals surface area contributed by atoms with Crippen molar-refractivity contribution in [3.8, 4) is 11.5 Å². The second-order valence-electron chi connectivity index (χ2n) is 6.93. The molecule has 31 heavy (non-hydrogen) atoms. The van der Waals surface area contributed by atoms with Crippen LogP contribution in [0.1, 0.15) is 36.7 Å². The van der Waals surface area contributed by atoms with Gasteiger partial charge in [0, 0.05) is 0 Å². The zero-order valence-corrected chi connectivity index (χ0v) is 18.9. The van der Waals surface area contributed by atoms with Gasteiger partial charge >= 0.3 is 11.9 Å². The molecule has 2 rings (SSSR count). The number of benzene rings is 1. The molecular formula is C22H27NO7S. The summed E-state index contributed by atoms with van der Waals surface area (Å²) in [7, 11) is 1.49. The van der Waals surface area contributed by atoms with Gasteiger partial charge in [-0.2, -0.15) is 0 Å². The molecule has 0 saturated carbocycles. The fraction of sp³-hybridized carbons (Fsp3) is 0.409. The smallest absolute Gasteiger partial charge is 0.344 e. The van der Waals surface area contributed by atoms with Crippen LogP contribution in [-0.2, 0) is 25.5 Å². The fourth-order valence-electron chi connectivity index (χ4n) is 2.73. The van der Waals surface area contributed by atoms with Gasteiger partial charge in [-0.1, -0.05) is 26.0 Å². The highest BCUT2D eigenvalue weighted by atomic mass is 32.1. The average Bonchev–Trinajstić information content (AvgIpc) is 3.12. The quantitative estimate of drug-likeness (QED) is 0.522. The van der Waals surface area contributed by atoms with Crippen LogP contribution in [0.3, 0.4) is 0 Å². The van der Waals surface area contributed by atoms with Crippen LogP contribution < -0.4 is 14.8 Å². The van der Waals surface area contributed by atoms with Crippen molar-refractivity contribution < 1.29 is 33.3 Å². The Morgan fingerprint density at radius 3 is 2.42 bits per heavy atom. The van der Waals surface area contributed by atoms with E-state index >= 15 is 0 Å². The summed E-state index contributed by atoms with van der Waals surface area (Å²) in [4.78, 5) is 36.5. The van der Waals surface area contributed by atoms with Crippen LogP contribution in [0.25, 0.3) is 0 Å². The highest BCUT2D eigenvalue weighted by Gasteiger charge is 2.22. The summed E-state index contributed by atoms with van der Waals surface area (Å²) in [5.74, 6) is -0.559. The molecule has 0 saturated heterocycles. The lowest BCUT2D eigenvalue weighted by molar-refractivity contribution is -0.149. The summed E-state index contributed by atoms with van der Waals surface area (Å²) >= 11 is 1.23. The third kappa shape index (κ3) is 7.29. The predicted molar refractivity (Wildman–Crippen MR) is 117 cm³/mol. The van der Waals surface area contributed by atoms with Crippen molar-refractivity contribution in [1.82, 2.24) is 0 Å². The number of thiophene rings is 1. The summed E-state index contributed by atoms with van der Waals surface area (Å²) in [6, 6.07) is 6.87. The molecule has 1 N–H and O–H groups in total. The molecule has 0 aliphatic heterocycles. The number of hydrogen-bond donors (Lipinski definition) is 1. The standard InChI is InChI=1S/C22H27NO7S/c1-5-28-22(26)20-15(10-14(2)3)13-31-21(20)23-18(24)11-30-19(25)12-29-17-9-7-6-8-16(17)27-4/h6-9,13-14H,5,10-12H2,1-4H3,(H,23,24). The van der Waals surface area contributed by atoms with E-state index in [4.69, 9.17) is 18.9 Å². The van der Waals surface area contributed by atoms with Crippen LogP contribution in [-0.4, -0.2) is 44.8 Å². The Labute approximate surface area is 185 Å². The van der Waals surface area contributed by atoms with Crippen molar-refractivity contribution in [3.05, 3.63) is 40.8 Å². The van der Waals surface area contributed by atoms with E-state index in [2.05, 4.69) is 5.32 Å². The fourth-order valence-corrected chi connectivity index (χ4v) is 3.71. The number of amides is 1. The zero-order valence-electron chi connectivity index (χ0n) is 18.1. The van der Waals surface area contributed by atoms with Crippen molar-refractivity contribution >= 4 is 34.2 Å². The number of anilines is 1. The number of ether oxygens (including phenoxy) is 4. The maximum atomic E-state index is 12.4. The van der Waals surface area contributed by atoms with Gasteiger partial charge in [0.05, 0.1) is 19.3 Å². The maximum absolute atomic E-state index is 12.4. The van der Waals surface area contributed by atoms with E-state index in [0.717, 1.165) is 5.56 Å². The molecule has 1 aromatic heterocycles. The van der Waals surface area contributed by atoms with E-state index in [1.807, 2.05) is 19.2 Å². The van der Waals surface area contributed by atoms with Gasteiger partial charge in [-0.3, -0.25) is 4.79 Å². The first-order chi connectivity index (χ1) is 14.8. The summed E-state index contributed by atoms with van der Waals surface area (Å²) in [5, 5.41) is 4.84. The van der Waals surface area contributed by atoms with Gasteiger partial charge in [-0.15, -0.1) is 11.3 Å². The van der Waals surface area contributed by atoms with Gasteiger partial charge in [0.1, 0.15) is 5.00 Å². The first-order valence-corrected chi connectivity index (χ1v) is 10.7. The SMILES string of the molecule is CCOC(=O)c1c(CC(C)C)csc1NC(=O)COC(=O)COc1ccccc1OC. The third-order valence-electron chi connectivity index (χ3n) is 4.01. The van der Waals surface area contributed by atoms with Gasteiger partial charge in [0.25, 0.3) is 5.91 Å². The lowest BCUT2D eigenvalue weighted by Crippen LogP contribution is -2.24. The number of nitrogens with one attached hydrogen (secondary N) is 1. The van der Waals surface area contributed by atoms with Crippen LogP contribution in [0.5, 0.6) is 11.5 Å². The van der Waals surface area contributed by atoms with Gasteiger partial charge in [-0.05, 0) is 42.3 Å². The van der Waals surface area contributed by atoms with Crippen molar-refractivity contribution in [3.63, 3.8) is 0 Å². The second kappa shape index (κ2) is 11.9. The number of hydrogen-bond acceptors (Lipinski definition) is 8. The molecule has 168 valence electrons. The van der Waals surface area contributed by atoms with Crippen LogP contribution in [0.2, 0.25) is 0 Å². The molecule has 8 nitrogen and oxygen atoms in total. The Balaban J connectivity index is 1.92. The molecule has 1 amide bonds. The van der Waals surface area contributed by atoms with Gasteiger partial charge in [0.15, 0.2) is 24.7 Å². The van der Waals surface area contributed by atoms with Crippen LogP contribution in [0, 0.1) is 5.92 Å². The lowest BCUT2D eigenvalue weighted by Gasteiger charge is -2.11. The lowest BCUT2D eigenvalue weighted by atomic mass is 10.0. The molecule has 0 fully saturated rings. The highest BCUT2D eigenvalue weighted by Crippen LogP contribution is 2.31. The predicted octanol–water partition coefficient (Wildman–Crippen LogP) is 3.69. The van der Waals surface area contributed by atoms with Crippen molar-refractivity contribution in [2.24, 2.45) is 5.92 Å². The monoisotopic (exact) mass is 449 g/mol. The molecule has 0 aliphatic rings. The summed E-state index contributed by atoms with van der Waals surface area (Å²) < 4.78 is 20.6. The zero-order chi connectivity index (χ0) is 22.8. The highest BCUT2D eigenvalue weighted by molar-refractivity contribution is 7.15. The number of rotatable bonds is 11. The van der Waals surface area contributed by atoms with Crippen LogP contribution in [0.4, 0.5) is 5.00 Å². The summed E-state index contributed by atoms with van der Waals surface area (Å²) in [5.41, 5.74) is 1.16. The largest absolute Gasteiger partial charge is 0.493 e. The Kier molecular flexibility index (Phi) is 9.33. The number of carbonyl (C=O) groups excluding carboxylic acids is 3. The van der Waals surface area contributed by atoms with E-state index in [9.17, 15) is 14.4 Å². The molecule has 0 spiro atoms. The van der Waals surface area contributed by atoms with Crippen molar-refractivity contribution in [1.29, 1.82) is 0 Å². The van der Waals surface area contributed by atoms with Gasteiger partial charge in [0.2, 0.25) is 0 Å².